The van der Waals surface area contributed by atoms with Crippen LogP contribution >= 0.6 is 0 Å². The van der Waals surface area contributed by atoms with Gasteiger partial charge in [0, 0.05) is 57.9 Å². The highest BCUT2D eigenvalue weighted by atomic mass is 16.3. The van der Waals surface area contributed by atoms with Crippen molar-refractivity contribution in [3.05, 3.63) is 82.3 Å². The highest BCUT2D eigenvalue weighted by molar-refractivity contribution is 6.23. The van der Waals surface area contributed by atoms with E-state index in [1.54, 1.807) is 18.3 Å². The number of carbonyl (C=O) groups is 5. The van der Waals surface area contributed by atoms with Crippen LogP contribution in [0.4, 0.5) is 11.5 Å². The first-order chi connectivity index (χ1) is 26.6. The Balaban J connectivity index is 0.835. The maximum atomic E-state index is 13.3. The molecular weight excluding hydrogens is 701 g/mol. The molecule has 0 aliphatic carbocycles. The predicted octanol–water partition coefficient (Wildman–Crippen LogP) is 2.48. The molecule has 0 saturated carbocycles. The summed E-state index contributed by atoms with van der Waals surface area (Å²) < 4.78 is 0. The molecule has 288 valence electrons. The van der Waals surface area contributed by atoms with E-state index < -0.39 is 35.6 Å². The van der Waals surface area contributed by atoms with Crippen molar-refractivity contribution in [1.29, 1.82) is 0 Å². The fourth-order valence-electron chi connectivity index (χ4n) is 9.11. The third kappa shape index (κ3) is 7.57. The average molecular weight is 749 g/mol. The quantitative estimate of drug-likeness (QED) is 0.259. The number of amides is 5. The Labute approximate surface area is 320 Å². The number of carbonyl (C=O) groups excluding carboxylic acids is 5. The smallest absolute Gasteiger partial charge is 0.269 e. The van der Waals surface area contributed by atoms with E-state index in [0.717, 1.165) is 87.5 Å². The van der Waals surface area contributed by atoms with E-state index in [1.807, 2.05) is 6.07 Å². The van der Waals surface area contributed by atoms with Crippen LogP contribution in [0.2, 0.25) is 0 Å². The first-order valence-corrected chi connectivity index (χ1v) is 19.6. The van der Waals surface area contributed by atoms with Gasteiger partial charge in [0.2, 0.25) is 11.8 Å². The third-order valence-electron chi connectivity index (χ3n) is 12.2. The van der Waals surface area contributed by atoms with Crippen molar-refractivity contribution in [2.75, 3.05) is 62.2 Å². The van der Waals surface area contributed by atoms with Gasteiger partial charge in [-0.25, -0.2) is 9.97 Å². The van der Waals surface area contributed by atoms with Gasteiger partial charge in [-0.05, 0) is 98.7 Å². The molecule has 8 rings (SSSR count). The summed E-state index contributed by atoms with van der Waals surface area (Å²) >= 11 is 0. The Morgan fingerprint density at radius 2 is 1.62 bits per heavy atom. The number of benzene rings is 2. The van der Waals surface area contributed by atoms with Gasteiger partial charge in [0.05, 0.1) is 23.0 Å². The number of aromatic nitrogens is 2. The van der Waals surface area contributed by atoms with Crippen LogP contribution in [0.15, 0.2) is 48.7 Å². The van der Waals surface area contributed by atoms with E-state index in [4.69, 9.17) is 10.7 Å². The van der Waals surface area contributed by atoms with Gasteiger partial charge in [-0.15, -0.1) is 0 Å². The summed E-state index contributed by atoms with van der Waals surface area (Å²) in [5.74, 6) is -0.675. The molecular formula is C41H48N8O6. The topological polar surface area (TPSA) is 182 Å². The number of imide groups is 2. The second kappa shape index (κ2) is 15.5. The van der Waals surface area contributed by atoms with Gasteiger partial charge in [0.15, 0.2) is 0 Å². The van der Waals surface area contributed by atoms with Crippen molar-refractivity contribution in [1.82, 2.24) is 25.1 Å². The zero-order valence-corrected chi connectivity index (χ0v) is 31.0. The van der Waals surface area contributed by atoms with Crippen LogP contribution < -0.4 is 20.9 Å². The maximum absolute atomic E-state index is 13.3. The van der Waals surface area contributed by atoms with Crippen LogP contribution in [0.1, 0.15) is 98.9 Å². The minimum Gasteiger partial charge on any atom is -0.396 e. The SMILES string of the molecule is NC(=O)c1ncc(N2CCC[C@@H](CO)C2)nc1Cc1ccc(C2CCN(C[C@@H]3CCN(c4ccc5c(c4)C(=O)N(C4CCC(=O)NC4=O)C5=O)C3)CC2)cc1. The summed E-state index contributed by atoms with van der Waals surface area (Å²) in [5, 5.41) is 11.9. The number of primary amides is 1. The molecule has 14 nitrogen and oxygen atoms in total. The number of nitrogens with one attached hydrogen (secondary N) is 1. The normalized spacial score (nSPS) is 23.7. The fraction of sp³-hybridized carbons (Fsp3) is 0.488. The number of rotatable bonds is 10. The molecule has 4 fully saturated rings. The van der Waals surface area contributed by atoms with Gasteiger partial charge in [-0.1, -0.05) is 24.3 Å². The number of aliphatic hydroxyl groups excluding tert-OH is 1. The number of hydrogen-bond acceptors (Lipinski definition) is 11. The molecule has 5 amide bonds. The number of hydrogen-bond donors (Lipinski definition) is 3. The molecule has 3 aromatic rings. The number of likely N-dealkylation sites (tertiary alicyclic amines) is 1. The van der Waals surface area contributed by atoms with Gasteiger partial charge in [0.1, 0.15) is 17.6 Å². The monoisotopic (exact) mass is 748 g/mol. The van der Waals surface area contributed by atoms with Crippen LogP contribution in [-0.2, 0) is 16.0 Å². The number of nitrogens with zero attached hydrogens (tertiary/aromatic N) is 6. The van der Waals surface area contributed by atoms with E-state index >= 15 is 0 Å². The van der Waals surface area contributed by atoms with Crippen molar-refractivity contribution < 1.29 is 29.1 Å². The summed E-state index contributed by atoms with van der Waals surface area (Å²) in [6.45, 7) is 6.48. The molecule has 0 radical (unpaired) electrons. The second-order valence-corrected chi connectivity index (χ2v) is 15.8. The van der Waals surface area contributed by atoms with Crippen LogP contribution in [0.25, 0.3) is 0 Å². The van der Waals surface area contributed by atoms with E-state index in [-0.39, 0.29) is 31.1 Å². The number of anilines is 2. The van der Waals surface area contributed by atoms with Crippen LogP contribution in [0.5, 0.6) is 0 Å². The maximum Gasteiger partial charge on any atom is 0.269 e. The lowest BCUT2D eigenvalue weighted by atomic mass is 9.88. The van der Waals surface area contributed by atoms with E-state index in [1.165, 1.54) is 5.56 Å². The van der Waals surface area contributed by atoms with Crippen LogP contribution in [-0.4, -0.2) is 113 Å². The molecule has 4 saturated heterocycles. The number of aliphatic hydroxyl groups is 1. The largest absolute Gasteiger partial charge is 0.396 e. The number of fused-ring (bicyclic) bond motifs is 1. The Bertz CT molecular complexity index is 2000. The lowest BCUT2D eigenvalue weighted by molar-refractivity contribution is -0.136. The molecule has 5 aliphatic heterocycles. The highest BCUT2D eigenvalue weighted by Crippen LogP contribution is 2.34. The Hall–Kier alpha value is -5.21. The van der Waals surface area contributed by atoms with Crippen molar-refractivity contribution in [3.8, 4) is 0 Å². The Morgan fingerprint density at radius 3 is 2.36 bits per heavy atom. The first-order valence-electron chi connectivity index (χ1n) is 19.6. The van der Waals surface area contributed by atoms with E-state index in [0.29, 0.717) is 47.4 Å². The molecule has 5 aliphatic rings. The van der Waals surface area contributed by atoms with Gasteiger partial charge >= 0.3 is 0 Å². The average Bonchev–Trinajstić information content (AvgIpc) is 3.76. The zero-order chi connectivity index (χ0) is 38.2. The van der Waals surface area contributed by atoms with Crippen molar-refractivity contribution in [2.24, 2.45) is 17.6 Å². The number of piperidine rings is 3. The Morgan fingerprint density at radius 1 is 0.855 bits per heavy atom. The van der Waals surface area contributed by atoms with Crippen LogP contribution in [0, 0.1) is 11.8 Å². The summed E-state index contributed by atoms with van der Waals surface area (Å²) in [6, 6.07) is 13.0. The third-order valence-corrected chi connectivity index (χ3v) is 12.2. The Kier molecular flexibility index (Phi) is 10.4. The van der Waals surface area contributed by atoms with Crippen LogP contribution in [0.3, 0.4) is 0 Å². The highest BCUT2D eigenvalue weighted by Gasteiger charge is 2.45. The molecule has 6 heterocycles. The summed E-state index contributed by atoms with van der Waals surface area (Å²) in [4.78, 5) is 80.0. The van der Waals surface area contributed by atoms with Gasteiger partial charge in [0.25, 0.3) is 17.7 Å². The molecule has 55 heavy (non-hydrogen) atoms. The first kappa shape index (κ1) is 36.8. The summed E-state index contributed by atoms with van der Waals surface area (Å²) in [7, 11) is 0. The fourth-order valence-corrected chi connectivity index (χ4v) is 9.11. The molecule has 1 aromatic heterocycles. The second-order valence-electron chi connectivity index (χ2n) is 15.8. The van der Waals surface area contributed by atoms with E-state index in [9.17, 15) is 29.1 Å². The molecule has 1 unspecified atom stereocenters. The summed E-state index contributed by atoms with van der Waals surface area (Å²) in [6.07, 6.45) is 7.45. The van der Waals surface area contributed by atoms with Crippen molar-refractivity contribution in [3.63, 3.8) is 0 Å². The standard InChI is InChI=1S/C41H48N8O6/c42-38(52)37-33(44-35(20-43-37)48-14-1-2-27(23-48)24-50)18-25-3-5-28(6-4-25)29-12-15-46(16-13-29)21-26-11-17-47(22-26)30-7-8-31-32(19-30)41(55)49(40(31)54)34-9-10-36(51)45-39(34)53/h3-8,19-20,26-27,29,34,50H,1-2,9-18,21-24H2,(H2,42,52)(H,45,51,53)/t26-,27+,34?/m0/s1. The molecule has 3 atom stereocenters. The lowest BCUT2D eigenvalue weighted by Gasteiger charge is -2.34. The van der Waals surface area contributed by atoms with Crippen molar-refractivity contribution in [2.45, 2.75) is 63.3 Å². The summed E-state index contributed by atoms with van der Waals surface area (Å²) in [5.41, 5.74) is 10.3. The molecule has 14 heteroatoms. The van der Waals surface area contributed by atoms with E-state index in [2.05, 4.69) is 49.3 Å². The van der Waals surface area contributed by atoms with Gasteiger partial charge < -0.3 is 25.5 Å². The van der Waals surface area contributed by atoms with Crippen molar-refractivity contribution >= 4 is 41.0 Å². The molecule has 0 spiro atoms. The minimum absolute atomic E-state index is 0.0938. The minimum atomic E-state index is -0.970. The lowest BCUT2D eigenvalue weighted by Crippen LogP contribution is -2.54. The predicted molar refractivity (Wildman–Crippen MR) is 204 cm³/mol. The van der Waals surface area contributed by atoms with Gasteiger partial charge in [-0.3, -0.25) is 34.2 Å². The molecule has 0 bridgehead atoms. The zero-order valence-electron chi connectivity index (χ0n) is 31.0. The number of nitrogens with two attached hydrogens (primary N) is 1. The molecule has 2 aromatic carbocycles. The molecule has 4 N–H and O–H groups in total. The van der Waals surface area contributed by atoms with Gasteiger partial charge in [-0.2, -0.15) is 0 Å².